The molecule has 2 aromatic carbocycles. The molecule has 1 aliphatic rings. The highest BCUT2D eigenvalue weighted by Gasteiger charge is 2.32. The molecule has 2 amide bonds. The first-order valence-corrected chi connectivity index (χ1v) is 12.8. The molecule has 0 unspecified atom stereocenters. The summed E-state index contributed by atoms with van der Waals surface area (Å²) in [7, 11) is -3.78. The van der Waals surface area contributed by atoms with Crippen LogP contribution in [0.1, 0.15) is 30.9 Å². The lowest BCUT2D eigenvalue weighted by Crippen LogP contribution is -2.29. The van der Waals surface area contributed by atoms with Crippen molar-refractivity contribution in [3.63, 3.8) is 0 Å². The van der Waals surface area contributed by atoms with E-state index < -0.39 is 9.84 Å². The second kappa shape index (κ2) is 9.20. The number of carbonyl (C=O) groups excluding carboxylic acids is 2. The summed E-state index contributed by atoms with van der Waals surface area (Å²) in [6, 6.07) is 8.81. The van der Waals surface area contributed by atoms with Crippen molar-refractivity contribution < 1.29 is 18.0 Å². The third kappa shape index (κ3) is 4.95. The Morgan fingerprint density at radius 1 is 1.13 bits per heavy atom. The van der Waals surface area contributed by atoms with Crippen LogP contribution in [0.15, 0.2) is 44.2 Å². The molecule has 0 saturated heterocycles. The molecular weight excluding hydrogens is 536 g/mol. The Labute approximate surface area is 193 Å². The number of nitrogens with zero attached hydrogens (tertiary/aromatic N) is 1. The Balaban J connectivity index is 1.81. The van der Waals surface area contributed by atoms with E-state index >= 15 is 0 Å². The van der Waals surface area contributed by atoms with Crippen LogP contribution in [0.25, 0.3) is 0 Å². The van der Waals surface area contributed by atoms with Gasteiger partial charge >= 0.3 is 0 Å². The molecule has 2 aromatic rings. The molecule has 0 bridgehead atoms. The van der Waals surface area contributed by atoms with Gasteiger partial charge in [0.1, 0.15) is 0 Å². The summed E-state index contributed by atoms with van der Waals surface area (Å²) >= 11 is 6.74. The predicted octanol–water partition coefficient (Wildman–Crippen LogP) is 4.62. The number of hydrogen-bond acceptors (Lipinski definition) is 4. The van der Waals surface area contributed by atoms with Crippen molar-refractivity contribution >= 4 is 64.9 Å². The zero-order chi connectivity index (χ0) is 22.1. The van der Waals surface area contributed by atoms with Crippen LogP contribution < -0.4 is 10.2 Å². The SMILES string of the molecule is CCC(=O)N1CCc2cc(Br)cc(S(=O)(=O)CCC(=O)Nc3ccc(Br)cc3C)c21. The Hall–Kier alpha value is -1.71. The van der Waals surface area contributed by atoms with Gasteiger partial charge in [-0.05, 0) is 54.8 Å². The fraction of sp³-hybridized carbons (Fsp3) is 0.333. The molecule has 1 heterocycles. The van der Waals surface area contributed by atoms with Crippen molar-refractivity contribution in [1.29, 1.82) is 0 Å². The maximum atomic E-state index is 13.1. The average Bonchev–Trinajstić information content (AvgIpc) is 3.11. The summed E-state index contributed by atoms with van der Waals surface area (Å²) in [5.41, 5.74) is 2.79. The molecule has 0 aromatic heterocycles. The predicted molar refractivity (Wildman–Crippen MR) is 125 cm³/mol. The summed E-state index contributed by atoms with van der Waals surface area (Å²) in [6.45, 7) is 4.08. The molecule has 0 spiro atoms. The van der Waals surface area contributed by atoms with Crippen LogP contribution >= 0.6 is 31.9 Å². The first-order valence-electron chi connectivity index (χ1n) is 9.54. The molecule has 6 nitrogen and oxygen atoms in total. The van der Waals surface area contributed by atoms with Gasteiger partial charge in [-0.25, -0.2) is 8.42 Å². The fourth-order valence-electron chi connectivity index (χ4n) is 3.46. The maximum absolute atomic E-state index is 13.1. The molecule has 9 heteroatoms. The zero-order valence-corrected chi connectivity index (χ0v) is 20.7. The number of rotatable bonds is 6. The second-order valence-electron chi connectivity index (χ2n) is 7.14. The molecule has 0 fully saturated rings. The Morgan fingerprint density at radius 2 is 1.87 bits per heavy atom. The number of hydrogen-bond donors (Lipinski definition) is 1. The van der Waals surface area contributed by atoms with Gasteiger partial charge < -0.3 is 10.2 Å². The number of aryl methyl sites for hydroxylation is 1. The van der Waals surface area contributed by atoms with Crippen LogP contribution in [0.2, 0.25) is 0 Å². The van der Waals surface area contributed by atoms with Crippen LogP contribution in [0.3, 0.4) is 0 Å². The van der Waals surface area contributed by atoms with E-state index in [4.69, 9.17) is 0 Å². The smallest absolute Gasteiger partial charge is 0.226 e. The fourth-order valence-corrected chi connectivity index (χ4v) is 6.11. The van der Waals surface area contributed by atoms with Gasteiger partial charge in [0.05, 0.1) is 16.3 Å². The highest BCUT2D eigenvalue weighted by atomic mass is 79.9. The standard InChI is InChI=1S/C21H22Br2N2O4S/c1-3-20(27)25-8-6-14-11-16(23)12-18(21(14)25)30(28,29)9-7-19(26)24-17-5-4-15(22)10-13(17)2/h4-5,10-12H,3,6-9H2,1-2H3,(H,24,26). The Kier molecular flexibility index (Phi) is 7.04. The second-order valence-corrected chi connectivity index (χ2v) is 11.0. The van der Waals surface area contributed by atoms with Crippen molar-refractivity contribution in [1.82, 2.24) is 0 Å². The van der Waals surface area contributed by atoms with Crippen LogP contribution in [0.5, 0.6) is 0 Å². The molecule has 30 heavy (non-hydrogen) atoms. The van der Waals surface area contributed by atoms with Crippen LogP contribution in [-0.2, 0) is 25.8 Å². The monoisotopic (exact) mass is 556 g/mol. The normalized spacial score (nSPS) is 13.3. The summed E-state index contributed by atoms with van der Waals surface area (Å²) in [5, 5.41) is 2.76. The lowest BCUT2D eigenvalue weighted by molar-refractivity contribution is -0.118. The molecule has 0 saturated carbocycles. The number of carbonyl (C=O) groups is 2. The molecule has 0 atom stereocenters. The molecule has 3 rings (SSSR count). The third-order valence-corrected chi connectivity index (χ3v) is 7.67. The minimum Gasteiger partial charge on any atom is -0.326 e. The number of halogens is 2. The quantitative estimate of drug-likeness (QED) is 0.561. The summed E-state index contributed by atoms with van der Waals surface area (Å²) < 4.78 is 27.8. The number of sulfone groups is 1. The number of nitrogens with one attached hydrogen (secondary N) is 1. The van der Waals surface area contributed by atoms with Crippen molar-refractivity contribution in [2.24, 2.45) is 0 Å². The molecule has 1 N–H and O–H groups in total. The van der Waals surface area contributed by atoms with E-state index in [1.54, 1.807) is 17.9 Å². The number of anilines is 2. The zero-order valence-electron chi connectivity index (χ0n) is 16.7. The van der Waals surface area contributed by atoms with E-state index in [1.807, 2.05) is 25.1 Å². The van der Waals surface area contributed by atoms with E-state index in [9.17, 15) is 18.0 Å². The van der Waals surface area contributed by atoms with E-state index in [0.717, 1.165) is 15.6 Å². The maximum Gasteiger partial charge on any atom is 0.226 e. The number of benzene rings is 2. The minimum atomic E-state index is -3.78. The summed E-state index contributed by atoms with van der Waals surface area (Å²) in [6.07, 6.45) is 0.719. The van der Waals surface area contributed by atoms with Gasteiger partial charge in [-0.15, -0.1) is 0 Å². The average molecular weight is 558 g/mol. The summed E-state index contributed by atoms with van der Waals surface area (Å²) in [4.78, 5) is 26.3. The van der Waals surface area contributed by atoms with Crippen molar-refractivity contribution in [2.45, 2.75) is 38.0 Å². The van der Waals surface area contributed by atoms with Gasteiger partial charge in [-0.3, -0.25) is 9.59 Å². The van der Waals surface area contributed by atoms with Crippen LogP contribution in [0.4, 0.5) is 11.4 Å². The van der Waals surface area contributed by atoms with E-state index in [2.05, 4.69) is 37.2 Å². The Morgan fingerprint density at radius 3 is 2.53 bits per heavy atom. The van der Waals surface area contributed by atoms with Crippen LogP contribution in [-0.4, -0.2) is 32.5 Å². The van der Waals surface area contributed by atoms with Crippen LogP contribution in [0, 0.1) is 6.92 Å². The van der Waals surface area contributed by atoms with Gasteiger partial charge in [0, 0.05) is 34.0 Å². The first-order chi connectivity index (χ1) is 14.1. The topological polar surface area (TPSA) is 83.6 Å². The highest BCUT2D eigenvalue weighted by Crippen LogP contribution is 2.38. The third-order valence-electron chi connectivity index (χ3n) is 4.99. The first kappa shape index (κ1) is 23.0. The minimum absolute atomic E-state index is 0.0961. The van der Waals surface area contributed by atoms with Gasteiger partial charge in [0.2, 0.25) is 11.8 Å². The van der Waals surface area contributed by atoms with Crippen molar-refractivity contribution in [3.05, 3.63) is 50.4 Å². The largest absolute Gasteiger partial charge is 0.326 e. The van der Waals surface area contributed by atoms with E-state index in [-0.39, 0.29) is 28.9 Å². The molecule has 0 radical (unpaired) electrons. The number of amides is 2. The molecular formula is C21H22Br2N2O4S. The molecule has 160 valence electrons. The highest BCUT2D eigenvalue weighted by molar-refractivity contribution is 9.10. The molecule has 0 aliphatic carbocycles. The van der Waals surface area contributed by atoms with Gasteiger partial charge in [-0.1, -0.05) is 38.8 Å². The molecule has 1 aliphatic heterocycles. The number of fused-ring (bicyclic) bond motifs is 1. The lowest BCUT2D eigenvalue weighted by Gasteiger charge is -2.20. The van der Waals surface area contributed by atoms with Crippen molar-refractivity contribution in [2.75, 3.05) is 22.5 Å². The lowest BCUT2D eigenvalue weighted by atomic mass is 10.2. The van der Waals surface area contributed by atoms with Gasteiger partial charge in [-0.2, -0.15) is 0 Å². The summed E-state index contributed by atoms with van der Waals surface area (Å²) in [5.74, 6) is -0.834. The Bertz CT molecular complexity index is 1120. The van der Waals surface area contributed by atoms with Gasteiger partial charge in [0.15, 0.2) is 9.84 Å². The van der Waals surface area contributed by atoms with E-state index in [1.165, 1.54) is 6.07 Å². The van der Waals surface area contributed by atoms with Crippen molar-refractivity contribution in [3.8, 4) is 0 Å². The van der Waals surface area contributed by atoms with E-state index in [0.29, 0.717) is 35.2 Å². The van der Waals surface area contributed by atoms with Gasteiger partial charge in [0.25, 0.3) is 0 Å².